The first-order valence-electron chi connectivity index (χ1n) is 7.70. The molecule has 0 aliphatic rings. The van der Waals surface area contributed by atoms with E-state index in [9.17, 15) is 9.59 Å². The van der Waals surface area contributed by atoms with Gasteiger partial charge in [-0.15, -0.1) is 0 Å². The number of aromatic nitrogens is 3. The fourth-order valence-corrected chi connectivity index (χ4v) is 2.28. The molecule has 1 aromatic carbocycles. The molecule has 3 N–H and O–H groups in total. The SMILES string of the molecule is CCn1cc(NC(=O)c2cc(-c3ccc(C)cc3)on2)c(C(N)=O)n1. The number of rotatable bonds is 5. The van der Waals surface area contributed by atoms with E-state index in [0.29, 0.717) is 12.3 Å². The lowest BCUT2D eigenvalue weighted by atomic mass is 10.1. The maximum Gasteiger partial charge on any atom is 0.277 e. The van der Waals surface area contributed by atoms with Crippen molar-refractivity contribution in [3.05, 3.63) is 53.5 Å². The zero-order chi connectivity index (χ0) is 18.0. The number of nitrogens with zero attached hydrogens (tertiary/aromatic N) is 3. The number of aryl methyl sites for hydroxylation is 2. The van der Waals surface area contributed by atoms with Crippen molar-refractivity contribution >= 4 is 17.5 Å². The van der Waals surface area contributed by atoms with Gasteiger partial charge in [0.1, 0.15) is 0 Å². The van der Waals surface area contributed by atoms with E-state index >= 15 is 0 Å². The molecule has 25 heavy (non-hydrogen) atoms. The lowest BCUT2D eigenvalue weighted by Gasteiger charge is -2.00. The van der Waals surface area contributed by atoms with Gasteiger partial charge in [-0.1, -0.05) is 35.0 Å². The normalized spacial score (nSPS) is 10.6. The molecule has 0 fully saturated rings. The number of primary amides is 1. The molecule has 0 saturated heterocycles. The molecule has 0 saturated carbocycles. The highest BCUT2D eigenvalue weighted by atomic mass is 16.5. The fourth-order valence-electron chi connectivity index (χ4n) is 2.28. The lowest BCUT2D eigenvalue weighted by molar-refractivity contribution is 0.0995. The molecule has 0 radical (unpaired) electrons. The van der Waals surface area contributed by atoms with Crippen molar-refractivity contribution in [3.63, 3.8) is 0 Å². The highest BCUT2D eigenvalue weighted by Gasteiger charge is 2.19. The average Bonchev–Trinajstić information content (AvgIpc) is 3.22. The summed E-state index contributed by atoms with van der Waals surface area (Å²) in [7, 11) is 0. The zero-order valence-corrected chi connectivity index (χ0v) is 13.8. The number of amides is 2. The van der Waals surface area contributed by atoms with E-state index < -0.39 is 11.8 Å². The van der Waals surface area contributed by atoms with Gasteiger partial charge in [0.15, 0.2) is 17.1 Å². The van der Waals surface area contributed by atoms with Crippen molar-refractivity contribution in [1.29, 1.82) is 0 Å². The van der Waals surface area contributed by atoms with Crippen molar-refractivity contribution in [2.75, 3.05) is 5.32 Å². The van der Waals surface area contributed by atoms with Crippen LogP contribution in [0.25, 0.3) is 11.3 Å². The summed E-state index contributed by atoms with van der Waals surface area (Å²) in [5.41, 5.74) is 7.55. The summed E-state index contributed by atoms with van der Waals surface area (Å²) in [6, 6.07) is 9.18. The molecule has 0 atom stereocenters. The van der Waals surface area contributed by atoms with Crippen LogP contribution in [0.4, 0.5) is 5.69 Å². The second-order valence-corrected chi connectivity index (χ2v) is 5.51. The van der Waals surface area contributed by atoms with E-state index in [1.807, 2.05) is 38.1 Å². The van der Waals surface area contributed by atoms with E-state index in [-0.39, 0.29) is 17.1 Å². The molecule has 2 amide bonds. The van der Waals surface area contributed by atoms with Gasteiger partial charge >= 0.3 is 0 Å². The Hall–Kier alpha value is -3.42. The standard InChI is InChI=1S/C17H17N5O3/c1-3-22-9-13(15(20-22)16(18)23)19-17(24)12-8-14(25-21-12)11-6-4-10(2)5-7-11/h4-9H,3H2,1-2H3,(H2,18,23)(H,19,24). The summed E-state index contributed by atoms with van der Waals surface area (Å²) in [6.45, 7) is 4.38. The summed E-state index contributed by atoms with van der Waals surface area (Å²) in [4.78, 5) is 23.8. The predicted molar refractivity (Wildman–Crippen MR) is 91.0 cm³/mol. The second-order valence-electron chi connectivity index (χ2n) is 5.51. The Labute approximate surface area is 143 Å². The van der Waals surface area contributed by atoms with E-state index in [2.05, 4.69) is 15.6 Å². The maximum atomic E-state index is 12.4. The third-order valence-electron chi connectivity index (χ3n) is 3.65. The number of hydrogen-bond donors (Lipinski definition) is 2. The maximum absolute atomic E-state index is 12.4. The van der Waals surface area contributed by atoms with Gasteiger partial charge in [-0.05, 0) is 13.8 Å². The molecule has 0 unspecified atom stereocenters. The molecule has 8 heteroatoms. The van der Waals surface area contributed by atoms with Crippen LogP contribution in [-0.2, 0) is 6.54 Å². The summed E-state index contributed by atoms with van der Waals surface area (Å²) < 4.78 is 6.74. The molecular weight excluding hydrogens is 322 g/mol. The minimum Gasteiger partial charge on any atom is -0.364 e. The van der Waals surface area contributed by atoms with Crippen molar-refractivity contribution in [3.8, 4) is 11.3 Å². The van der Waals surface area contributed by atoms with Gasteiger partial charge in [0.2, 0.25) is 0 Å². The van der Waals surface area contributed by atoms with E-state index in [1.165, 1.54) is 10.7 Å². The topological polar surface area (TPSA) is 116 Å². The van der Waals surface area contributed by atoms with Gasteiger partial charge in [0.25, 0.3) is 11.8 Å². The molecule has 0 spiro atoms. The van der Waals surface area contributed by atoms with Crippen molar-refractivity contribution < 1.29 is 14.1 Å². The third-order valence-corrected chi connectivity index (χ3v) is 3.65. The molecule has 0 aliphatic carbocycles. The molecule has 0 bridgehead atoms. The smallest absolute Gasteiger partial charge is 0.277 e. The van der Waals surface area contributed by atoms with Crippen LogP contribution in [0, 0.1) is 6.92 Å². The highest BCUT2D eigenvalue weighted by Crippen LogP contribution is 2.22. The summed E-state index contributed by atoms with van der Waals surface area (Å²) in [5.74, 6) is -0.757. The summed E-state index contributed by atoms with van der Waals surface area (Å²) >= 11 is 0. The molecular formula is C17H17N5O3. The first-order valence-corrected chi connectivity index (χ1v) is 7.70. The monoisotopic (exact) mass is 339 g/mol. The number of carbonyl (C=O) groups is 2. The van der Waals surface area contributed by atoms with E-state index in [1.54, 1.807) is 6.20 Å². The molecule has 3 rings (SSSR count). The fraction of sp³-hybridized carbons (Fsp3) is 0.176. The van der Waals surface area contributed by atoms with E-state index in [4.69, 9.17) is 10.3 Å². The van der Waals surface area contributed by atoms with Gasteiger partial charge in [0, 0.05) is 24.4 Å². The van der Waals surface area contributed by atoms with Crippen LogP contribution in [0.2, 0.25) is 0 Å². The number of anilines is 1. The van der Waals surface area contributed by atoms with Crippen LogP contribution in [0.1, 0.15) is 33.5 Å². The largest absolute Gasteiger partial charge is 0.364 e. The average molecular weight is 339 g/mol. The Kier molecular flexibility index (Phi) is 4.34. The minimum atomic E-state index is -0.719. The van der Waals surface area contributed by atoms with E-state index in [0.717, 1.165) is 11.1 Å². The Balaban J connectivity index is 1.82. The number of nitrogens with two attached hydrogens (primary N) is 1. The Morgan fingerprint density at radius 2 is 2.00 bits per heavy atom. The van der Waals surface area contributed by atoms with Gasteiger partial charge < -0.3 is 15.6 Å². The Bertz CT molecular complexity index is 924. The third kappa shape index (κ3) is 3.42. The zero-order valence-electron chi connectivity index (χ0n) is 13.8. The number of carbonyl (C=O) groups excluding carboxylic acids is 2. The molecule has 128 valence electrons. The summed E-state index contributed by atoms with van der Waals surface area (Å²) in [5, 5.41) is 10.4. The molecule has 2 heterocycles. The van der Waals surface area contributed by atoms with Crippen LogP contribution in [-0.4, -0.2) is 26.8 Å². The van der Waals surface area contributed by atoms with Gasteiger partial charge in [-0.2, -0.15) is 5.10 Å². The quantitative estimate of drug-likeness (QED) is 0.739. The number of benzene rings is 1. The summed E-state index contributed by atoms with van der Waals surface area (Å²) in [6.07, 6.45) is 1.54. The van der Waals surface area contributed by atoms with Gasteiger partial charge in [-0.25, -0.2) is 0 Å². The first kappa shape index (κ1) is 16.4. The van der Waals surface area contributed by atoms with Gasteiger partial charge in [0.05, 0.1) is 5.69 Å². The second kappa shape index (κ2) is 6.60. The van der Waals surface area contributed by atoms with Crippen LogP contribution in [0.15, 0.2) is 41.1 Å². The van der Waals surface area contributed by atoms with Crippen molar-refractivity contribution in [2.24, 2.45) is 5.73 Å². The molecule has 8 nitrogen and oxygen atoms in total. The lowest BCUT2D eigenvalue weighted by Crippen LogP contribution is -2.18. The first-order chi connectivity index (χ1) is 12.0. The van der Waals surface area contributed by atoms with Crippen molar-refractivity contribution in [1.82, 2.24) is 14.9 Å². The minimum absolute atomic E-state index is 0.00236. The molecule has 2 aromatic heterocycles. The van der Waals surface area contributed by atoms with Crippen LogP contribution < -0.4 is 11.1 Å². The number of hydrogen-bond acceptors (Lipinski definition) is 5. The predicted octanol–water partition coefficient (Wildman–Crippen LogP) is 2.22. The highest BCUT2D eigenvalue weighted by molar-refractivity contribution is 6.07. The van der Waals surface area contributed by atoms with Crippen LogP contribution in [0.3, 0.4) is 0 Å². The van der Waals surface area contributed by atoms with Crippen molar-refractivity contribution in [2.45, 2.75) is 20.4 Å². The Morgan fingerprint density at radius 1 is 1.28 bits per heavy atom. The number of nitrogens with one attached hydrogen (secondary N) is 1. The van der Waals surface area contributed by atoms with Crippen LogP contribution >= 0.6 is 0 Å². The molecule has 0 aliphatic heterocycles. The Morgan fingerprint density at radius 3 is 2.64 bits per heavy atom. The molecule has 3 aromatic rings. The van der Waals surface area contributed by atoms with Gasteiger partial charge in [-0.3, -0.25) is 14.3 Å². The van der Waals surface area contributed by atoms with Crippen LogP contribution in [0.5, 0.6) is 0 Å².